The molecule has 0 spiro atoms. The molecule has 0 bridgehead atoms. The molecule has 0 aliphatic heterocycles. The van der Waals surface area contributed by atoms with Gasteiger partial charge in [0.05, 0.1) is 6.10 Å². The lowest BCUT2D eigenvalue weighted by atomic mass is 10.2. The van der Waals surface area contributed by atoms with Crippen molar-refractivity contribution in [1.29, 1.82) is 0 Å². The Labute approximate surface area is 78.6 Å². The topological polar surface area (TPSA) is 58.6 Å². The van der Waals surface area contributed by atoms with E-state index in [-0.39, 0.29) is 6.10 Å². The molecule has 0 fully saturated rings. The second kappa shape index (κ2) is 6.62. The van der Waals surface area contributed by atoms with Crippen LogP contribution in [0.4, 0.5) is 0 Å². The van der Waals surface area contributed by atoms with E-state index in [9.17, 15) is 4.79 Å². The predicted octanol–water partition coefficient (Wildman–Crippen LogP) is 0.642. The number of aliphatic carboxylic acids is 1. The van der Waals surface area contributed by atoms with Crippen LogP contribution in [0.2, 0.25) is 0 Å². The summed E-state index contributed by atoms with van der Waals surface area (Å²) in [5, 5.41) is 11.5. The molecule has 0 saturated heterocycles. The van der Waals surface area contributed by atoms with E-state index in [4.69, 9.17) is 9.84 Å². The molecule has 4 heteroatoms. The van der Waals surface area contributed by atoms with Gasteiger partial charge in [-0.2, -0.15) is 0 Å². The first-order chi connectivity index (χ1) is 6.06. The van der Waals surface area contributed by atoms with Gasteiger partial charge in [0.1, 0.15) is 0 Å². The van der Waals surface area contributed by atoms with E-state index >= 15 is 0 Å². The van der Waals surface area contributed by atoms with Crippen LogP contribution < -0.4 is 5.32 Å². The van der Waals surface area contributed by atoms with Gasteiger partial charge in [-0.15, -0.1) is 0 Å². The number of nitrogens with one attached hydrogen (secondary N) is 1. The van der Waals surface area contributed by atoms with Gasteiger partial charge in [-0.05, 0) is 13.8 Å². The number of ether oxygens (including phenoxy) is 1. The van der Waals surface area contributed by atoms with Gasteiger partial charge in [0, 0.05) is 26.3 Å². The first-order valence-corrected chi connectivity index (χ1v) is 4.20. The van der Waals surface area contributed by atoms with Crippen molar-refractivity contribution in [2.24, 2.45) is 0 Å². The molecule has 0 amide bonds. The minimum absolute atomic E-state index is 0.151. The number of hydrogen-bond acceptors (Lipinski definition) is 3. The van der Waals surface area contributed by atoms with Crippen molar-refractivity contribution >= 4 is 5.97 Å². The molecule has 0 heterocycles. The van der Waals surface area contributed by atoms with Crippen molar-refractivity contribution < 1.29 is 14.6 Å². The maximum atomic E-state index is 10.2. The van der Waals surface area contributed by atoms with E-state index in [0.717, 1.165) is 12.1 Å². The molecule has 1 atom stereocenters. The molecule has 13 heavy (non-hydrogen) atoms. The number of carbonyl (C=O) groups is 1. The molecule has 0 aromatic heterocycles. The van der Waals surface area contributed by atoms with Gasteiger partial charge in [-0.1, -0.05) is 5.57 Å². The Morgan fingerprint density at radius 2 is 2.31 bits per heavy atom. The van der Waals surface area contributed by atoms with Gasteiger partial charge < -0.3 is 15.2 Å². The molecular weight excluding hydrogens is 170 g/mol. The third-order valence-electron chi connectivity index (χ3n) is 1.61. The van der Waals surface area contributed by atoms with Crippen LogP contribution in [-0.2, 0) is 9.53 Å². The Morgan fingerprint density at radius 1 is 1.69 bits per heavy atom. The van der Waals surface area contributed by atoms with Crippen LogP contribution in [-0.4, -0.2) is 37.4 Å². The average Bonchev–Trinajstić information content (AvgIpc) is 2.02. The lowest BCUT2D eigenvalue weighted by Crippen LogP contribution is -2.27. The summed E-state index contributed by atoms with van der Waals surface area (Å²) in [4.78, 5) is 10.2. The fourth-order valence-electron chi connectivity index (χ4n) is 0.818. The first-order valence-electron chi connectivity index (χ1n) is 4.20. The second-order valence-electron chi connectivity index (χ2n) is 3.01. The Hall–Kier alpha value is -0.870. The normalized spacial score (nSPS) is 14.2. The van der Waals surface area contributed by atoms with E-state index in [2.05, 4.69) is 5.32 Å². The number of carboxylic acid groups (broad SMARTS) is 1. The first kappa shape index (κ1) is 12.1. The summed E-state index contributed by atoms with van der Waals surface area (Å²) in [5.41, 5.74) is 0.802. The molecule has 0 aromatic rings. The van der Waals surface area contributed by atoms with Crippen LogP contribution in [0.1, 0.15) is 13.8 Å². The molecule has 0 aliphatic rings. The van der Waals surface area contributed by atoms with Crippen LogP contribution in [0.3, 0.4) is 0 Å². The molecule has 4 nitrogen and oxygen atoms in total. The quantitative estimate of drug-likeness (QED) is 0.599. The molecule has 76 valence electrons. The SMILES string of the molecule is COC(C)CNCC(C)=CC(=O)O. The Bertz CT molecular complexity index is 189. The van der Waals surface area contributed by atoms with E-state index in [1.54, 1.807) is 14.0 Å². The molecule has 2 N–H and O–H groups in total. The summed E-state index contributed by atoms with van der Waals surface area (Å²) in [6.45, 7) is 5.03. The Balaban J connectivity index is 3.59. The largest absolute Gasteiger partial charge is 0.478 e. The van der Waals surface area contributed by atoms with Crippen LogP contribution in [0.25, 0.3) is 0 Å². The average molecular weight is 187 g/mol. The van der Waals surface area contributed by atoms with E-state index in [1.807, 2.05) is 6.92 Å². The van der Waals surface area contributed by atoms with Crippen LogP contribution >= 0.6 is 0 Å². The van der Waals surface area contributed by atoms with Gasteiger partial charge in [-0.3, -0.25) is 0 Å². The van der Waals surface area contributed by atoms with Crippen molar-refractivity contribution in [2.75, 3.05) is 20.2 Å². The Kier molecular flexibility index (Phi) is 6.18. The highest BCUT2D eigenvalue weighted by molar-refractivity contribution is 5.80. The molecule has 0 rings (SSSR count). The smallest absolute Gasteiger partial charge is 0.328 e. The van der Waals surface area contributed by atoms with Crippen LogP contribution in [0.15, 0.2) is 11.6 Å². The summed E-state index contributed by atoms with van der Waals surface area (Å²) in [5.74, 6) is -0.904. The van der Waals surface area contributed by atoms with Gasteiger partial charge in [-0.25, -0.2) is 4.79 Å². The lowest BCUT2D eigenvalue weighted by Gasteiger charge is -2.10. The second-order valence-corrected chi connectivity index (χ2v) is 3.01. The maximum absolute atomic E-state index is 10.2. The van der Waals surface area contributed by atoms with E-state index in [0.29, 0.717) is 6.54 Å². The molecule has 0 aliphatic carbocycles. The summed E-state index contributed by atoms with van der Waals surface area (Å²) < 4.78 is 5.01. The minimum Gasteiger partial charge on any atom is -0.478 e. The fourth-order valence-corrected chi connectivity index (χ4v) is 0.818. The van der Waals surface area contributed by atoms with Crippen molar-refractivity contribution in [3.05, 3.63) is 11.6 Å². The Morgan fingerprint density at radius 3 is 2.77 bits per heavy atom. The maximum Gasteiger partial charge on any atom is 0.328 e. The zero-order valence-electron chi connectivity index (χ0n) is 8.33. The number of hydrogen-bond donors (Lipinski definition) is 2. The third kappa shape index (κ3) is 7.49. The zero-order valence-corrected chi connectivity index (χ0v) is 8.33. The monoisotopic (exact) mass is 187 g/mol. The van der Waals surface area contributed by atoms with Gasteiger partial charge in [0.25, 0.3) is 0 Å². The summed E-state index contributed by atoms with van der Waals surface area (Å²) in [6.07, 6.45) is 1.35. The number of carboxylic acids is 1. The summed E-state index contributed by atoms with van der Waals surface area (Å²) in [6, 6.07) is 0. The summed E-state index contributed by atoms with van der Waals surface area (Å²) in [7, 11) is 1.65. The molecular formula is C9H17NO3. The molecule has 1 unspecified atom stereocenters. The highest BCUT2D eigenvalue weighted by Crippen LogP contribution is 1.90. The lowest BCUT2D eigenvalue weighted by molar-refractivity contribution is -0.131. The minimum atomic E-state index is -0.904. The van der Waals surface area contributed by atoms with Gasteiger partial charge in [0.2, 0.25) is 0 Å². The van der Waals surface area contributed by atoms with Gasteiger partial charge in [0.15, 0.2) is 0 Å². The summed E-state index contributed by atoms with van der Waals surface area (Å²) >= 11 is 0. The van der Waals surface area contributed by atoms with Crippen LogP contribution in [0.5, 0.6) is 0 Å². The van der Waals surface area contributed by atoms with Crippen molar-refractivity contribution in [3.63, 3.8) is 0 Å². The van der Waals surface area contributed by atoms with Crippen molar-refractivity contribution in [1.82, 2.24) is 5.32 Å². The van der Waals surface area contributed by atoms with E-state index < -0.39 is 5.97 Å². The predicted molar refractivity (Wildman–Crippen MR) is 50.7 cm³/mol. The fraction of sp³-hybridized carbons (Fsp3) is 0.667. The third-order valence-corrected chi connectivity index (χ3v) is 1.61. The van der Waals surface area contributed by atoms with Crippen molar-refractivity contribution in [2.45, 2.75) is 20.0 Å². The molecule has 0 aromatic carbocycles. The van der Waals surface area contributed by atoms with Gasteiger partial charge >= 0.3 is 5.97 Å². The number of rotatable bonds is 6. The highest BCUT2D eigenvalue weighted by Gasteiger charge is 1.98. The van der Waals surface area contributed by atoms with E-state index in [1.165, 1.54) is 6.08 Å². The molecule has 0 radical (unpaired) electrons. The van der Waals surface area contributed by atoms with Crippen molar-refractivity contribution in [3.8, 4) is 0 Å². The highest BCUT2D eigenvalue weighted by atomic mass is 16.5. The van der Waals surface area contributed by atoms with Crippen LogP contribution in [0, 0.1) is 0 Å². The molecule has 0 saturated carbocycles. The zero-order chi connectivity index (χ0) is 10.3. The number of methoxy groups -OCH3 is 1. The standard InChI is InChI=1S/C9H17NO3/c1-7(4-9(11)12)5-10-6-8(2)13-3/h4,8,10H,5-6H2,1-3H3,(H,11,12).